The molecule has 8 heteroatoms. The van der Waals surface area contributed by atoms with E-state index in [9.17, 15) is 4.39 Å². The summed E-state index contributed by atoms with van der Waals surface area (Å²) < 4.78 is 40.2. The van der Waals surface area contributed by atoms with Gasteiger partial charge >= 0.3 is 170 Å². The zero-order valence-electron chi connectivity index (χ0n) is 37.7. The van der Waals surface area contributed by atoms with Crippen LogP contribution in [0.5, 0.6) is 0 Å². The first-order chi connectivity index (χ1) is 31.4. The molecule has 1 atom stereocenters. The molecule has 308 valence electrons. The van der Waals surface area contributed by atoms with Gasteiger partial charge in [-0.2, -0.15) is 29.5 Å². The molecule has 10 aromatic rings. The Balaban J connectivity index is 0.000000174. The molecule has 7 aromatic carbocycles. The quantitative estimate of drug-likeness (QED) is 0.123. The van der Waals surface area contributed by atoms with Crippen LogP contribution in [-0.2, 0) is 20.1 Å². The van der Waals surface area contributed by atoms with Crippen molar-refractivity contribution in [2.75, 3.05) is 4.90 Å². The van der Waals surface area contributed by atoms with E-state index in [0.717, 1.165) is 37.4 Å². The maximum Gasteiger partial charge on any atom is 3.00 e. The van der Waals surface area contributed by atoms with Crippen molar-refractivity contribution in [1.82, 2.24) is 9.97 Å². The minimum absolute atomic E-state index is 0. The van der Waals surface area contributed by atoms with Crippen LogP contribution in [-0.4, -0.2) is 23.2 Å². The van der Waals surface area contributed by atoms with Crippen molar-refractivity contribution in [3.05, 3.63) is 211 Å². The molecule has 63 heavy (non-hydrogen) atoms. The number of nitrogens with zero attached hydrogens (tertiary/aromatic N) is 4. The van der Waals surface area contributed by atoms with Gasteiger partial charge in [0, 0.05) is 23.1 Å². The van der Waals surface area contributed by atoms with E-state index in [4.69, 9.17) is 9.43 Å². The number of fused-ring (bicyclic) bond motifs is 6. The third-order valence-electron chi connectivity index (χ3n) is 11.4. The second-order valence-corrected chi connectivity index (χ2v) is 27.9. The van der Waals surface area contributed by atoms with Gasteiger partial charge in [-0.05, 0) is 46.1 Å². The third-order valence-corrected chi connectivity index (χ3v) is 16.7. The second-order valence-electron chi connectivity index (χ2n) is 16.3. The summed E-state index contributed by atoms with van der Waals surface area (Å²) in [7, 11) is 0. The monoisotopic (exact) mass is 1080 g/mol. The van der Waals surface area contributed by atoms with Crippen molar-refractivity contribution >= 4 is 77.1 Å². The molecule has 1 aliphatic rings. The third kappa shape index (κ3) is 8.11. The van der Waals surface area contributed by atoms with Crippen molar-refractivity contribution in [1.29, 1.82) is 0 Å². The number of hydrogen-bond acceptors (Lipinski definition) is 4. The number of rotatable bonds is 6. The zero-order valence-corrected chi connectivity index (χ0v) is 40.0. The summed E-state index contributed by atoms with van der Waals surface area (Å²) in [6, 6.07) is 60.8. The van der Waals surface area contributed by atoms with E-state index in [2.05, 4.69) is 147 Å². The van der Waals surface area contributed by atoms with Crippen LogP contribution in [0.15, 0.2) is 176 Å². The number of thiophene rings is 1. The molecule has 1 aliphatic heterocycles. The molecule has 0 saturated heterocycles. The first kappa shape index (κ1) is 38.7. The van der Waals surface area contributed by atoms with Crippen LogP contribution in [0.4, 0.5) is 21.5 Å². The van der Waals surface area contributed by atoms with E-state index >= 15 is 0 Å². The van der Waals surface area contributed by atoms with Gasteiger partial charge in [-0.15, -0.1) is 16.6 Å². The van der Waals surface area contributed by atoms with Gasteiger partial charge in [0.05, 0.1) is 0 Å². The topological polar surface area (TPSA) is 43.1 Å². The minimum Gasteiger partial charge on any atom is -0.661 e. The number of anilines is 2. The van der Waals surface area contributed by atoms with E-state index in [0.29, 0.717) is 22.4 Å². The summed E-state index contributed by atoms with van der Waals surface area (Å²) in [6.07, 6.45) is 3.31. The molecule has 0 saturated carbocycles. The summed E-state index contributed by atoms with van der Waals surface area (Å²) in [5.41, 5.74) is 9.33. The van der Waals surface area contributed by atoms with Crippen LogP contribution in [0.1, 0.15) is 21.4 Å². The zero-order chi connectivity index (χ0) is 44.9. The second kappa shape index (κ2) is 17.7. The van der Waals surface area contributed by atoms with Gasteiger partial charge in [0.1, 0.15) is 4.83 Å². The minimum atomic E-state index is -2.41. The molecule has 0 amide bonds. The number of pyridine rings is 2. The Morgan fingerprint density at radius 1 is 0.714 bits per heavy atom. The Bertz CT molecular complexity index is 3380. The normalized spacial score (nSPS) is 14.2. The molecule has 3 aromatic heterocycles. The number of halogens is 1. The molecule has 0 radical (unpaired) electrons. The van der Waals surface area contributed by atoms with E-state index in [-0.39, 0.29) is 32.1 Å². The molecule has 0 spiro atoms. The molecule has 0 fully saturated rings. The van der Waals surface area contributed by atoms with Crippen LogP contribution in [0, 0.1) is 24.8 Å². The van der Waals surface area contributed by atoms with Crippen molar-refractivity contribution < 1.29 is 28.6 Å². The summed E-state index contributed by atoms with van der Waals surface area (Å²) in [5.74, 6) is 6.05. The van der Waals surface area contributed by atoms with Gasteiger partial charge in [-0.25, -0.2) is 4.98 Å². The average Bonchev–Trinajstić information content (AvgIpc) is 3.91. The molecular weight excluding hydrogens is 1030 g/mol. The first-order valence-corrected chi connectivity index (χ1v) is 28.7. The molecule has 4 nitrogen and oxygen atoms in total. The van der Waals surface area contributed by atoms with E-state index in [1.807, 2.05) is 48.7 Å². The number of aryl methyl sites for hydroxylation is 1. The largest absolute Gasteiger partial charge is 3.00 e. The summed E-state index contributed by atoms with van der Waals surface area (Å²) >= 11 is -0.685. The molecule has 0 bridgehead atoms. The Kier molecular flexibility index (Phi) is 10.8. The Hall–Kier alpha value is -5.96. The summed E-state index contributed by atoms with van der Waals surface area (Å²) in [6.45, 7) is -2.21. The first-order valence-electron chi connectivity index (χ1n) is 22.1. The summed E-state index contributed by atoms with van der Waals surface area (Å²) in [5, 5.41) is 10.2. The van der Waals surface area contributed by atoms with Crippen molar-refractivity contribution in [3.63, 3.8) is 0 Å². The van der Waals surface area contributed by atoms with Crippen LogP contribution in [0.3, 0.4) is 0 Å². The van der Waals surface area contributed by atoms with Crippen LogP contribution in [0.25, 0.3) is 69.9 Å². The predicted molar refractivity (Wildman–Crippen MR) is 261 cm³/mol. The number of aromatic nitrogens is 2. The predicted octanol–water partition coefficient (Wildman–Crippen LogP) is 15.1. The Morgan fingerprint density at radius 2 is 1.43 bits per heavy atom. The van der Waals surface area contributed by atoms with E-state index < -0.39 is 20.1 Å². The van der Waals surface area contributed by atoms with Crippen LogP contribution in [0.2, 0.25) is 17.3 Å². The van der Waals surface area contributed by atoms with E-state index in [1.54, 1.807) is 29.7 Å². The van der Waals surface area contributed by atoms with E-state index in [1.165, 1.54) is 43.4 Å². The number of para-hydroxylation sites is 1. The van der Waals surface area contributed by atoms with Crippen molar-refractivity contribution in [2.24, 2.45) is 0 Å². The number of hydrogen-bond donors (Lipinski definition) is 0. The smallest absolute Gasteiger partial charge is 0.661 e. The van der Waals surface area contributed by atoms with Gasteiger partial charge < -0.3 is 10.2 Å². The van der Waals surface area contributed by atoms with Gasteiger partial charge in [-0.3, -0.25) is 0 Å². The fourth-order valence-corrected chi connectivity index (χ4v) is 12.3. The molecule has 4 heterocycles. The van der Waals surface area contributed by atoms with Gasteiger partial charge in [0.2, 0.25) is 0 Å². The van der Waals surface area contributed by atoms with Crippen LogP contribution >= 0.6 is 11.3 Å². The maximum absolute atomic E-state index is 14.3. The Morgan fingerprint density at radius 3 is 2.21 bits per heavy atom. The standard InChI is InChI=1S/C34H21N3S.C21H21FGeN.Ir/c1-2-10-22(11-3-1)24-13-6-7-18-29(24)37-30-20-19-23-12-4-5-14-25(23)31(30)36-33(37)28-16-8-15-26-27-17-9-21-35-34(27)38-32(26)28;1-15-12-21(24-14-20(15)23(2,3)4)17-10-11-19(22)18(13-17)16-8-6-5-7-9-16;/h1-15,17-21,33H;5-9,11-14H,1-4H3;/q-2;-1;+3/i;1D3;. The van der Waals surface area contributed by atoms with Gasteiger partial charge in [0.15, 0.2) is 0 Å². The molecule has 0 aliphatic carbocycles. The van der Waals surface area contributed by atoms with Gasteiger partial charge in [-0.1, -0.05) is 89.6 Å². The molecule has 0 N–H and O–H groups in total. The van der Waals surface area contributed by atoms with Crippen molar-refractivity contribution in [2.45, 2.75) is 30.3 Å². The van der Waals surface area contributed by atoms with Crippen LogP contribution < -0.4 is 9.30 Å². The summed E-state index contributed by atoms with van der Waals surface area (Å²) in [4.78, 5) is 12.6. The van der Waals surface area contributed by atoms with Gasteiger partial charge in [0.25, 0.3) is 0 Å². The number of benzene rings is 7. The molecular formula is C55H42FGeIrN4S. The molecule has 1 unspecified atom stereocenters. The van der Waals surface area contributed by atoms with Crippen molar-refractivity contribution in [3.8, 4) is 33.5 Å². The fraction of sp³-hybridized carbons (Fsp3) is 0.0909. The fourth-order valence-electron chi connectivity index (χ4n) is 8.34. The maximum atomic E-state index is 14.3. The Labute approximate surface area is 392 Å². The average molecular weight is 1080 g/mol. The molecule has 11 rings (SSSR count). The SMILES string of the molecule is [2H]C([2H])([2H])c1cc(-c2[c-]cc(F)c(-c3ccccc3)c2)nc[c]1[Ge]([CH3])([CH3])[CH3].[Ir+3].[c-]1ccc2c(sc3ncccc32)c1C1[N-]c2c(ccc3ccccc23)N1c1ccccc1-c1ccccc1.